The molecule has 0 fully saturated rings. The number of nitrogens with two attached hydrogens (primary N) is 1. The summed E-state index contributed by atoms with van der Waals surface area (Å²) in [5.41, 5.74) is 5.61. The number of rotatable bonds is 6. The Morgan fingerprint density at radius 2 is 1.76 bits per heavy atom. The van der Waals surface area contributed by atoms with Gasteiger partial charge in [-0.25, -0.2) is 0 Å². The number of hydrogen-bond acceptors (Lipinski definition) is 6. The van der Waals surface area contributed by atoms with Gasteiger partial charge in [0, 0.05) is 6.04 Å². The van der Waals surface area contributed by atoms with Gasteiger partial charge in [-0.2, -0.15) is 9.97 Å². The molecule has 0 bridgehead atoms. The fourth-order valence-corrected chi connectivity index (χ4v) is 1.23. The zero-order valence-corrected chi connectivity index (χ0v) is 10.7. The third-order valence-electron chi connectivity index (χ3n) is 2.68. The molecule has 0 saturated carbocycles. The van der Waals surface area contributed by atoms with Crippen LogP contribution in [-0.4, -0.2) is 36.8 Å². The van der Waals surface area contributed by atoms with E-state index in [1.165, 1.54) is 0 Å². The molecule has 1 aromatic heterocycles. The molecule has 0 amide bonds. The molecule has 96 valence electrons. The maximum absolute atomic E-state index is 5.61. The van der Waals surface area contributed by atoms with Crippen molar-refractivity contribution in [2.75, 3.05) is 26.1 Å². The predicted molar refractivity (Wildman–Crippen MR) is 66.4 cm³/mol. The number of anilines is 1. The average molecular weight is 240 g/mol. The van der Waals surface area contributed by atoms with Crippen molar-refractivity contribution in [2.45, 2.75) is 19.9 Å². The summed E-state index contributed by atoms with van der Waals surface area (Å²) in [6.07, 6.45) is 0. The van der Waals surface area contributed by atoms with Gasteiger partial charge in [0.15, 0.2) is 0 Å². The Balaban J connectivity index is 2.82. The molecular formula is C11H20N4O2. The van der Waals surface area contributed by atoms with Crippen LogP contribution in [0.5, 0.6) is 11.8 Å². The van der Waals surface area contributed by atoms with Crippen molar-refractivity contribution in [2.24, 2.45) is 11.7 Å². The summed E-state index contributed by atoms with van der Waals surface area (Å²) in [5.74, 6) is 1.74. The summed E-state index contributed by atoms with van der Waals surface area (Å²) in [5, 5.41) is 3.18. The van der Waals surface area contributed by atoms with Crippen molar-refractivity contribution in [1.82, 2.24) is 9.97 Å². The first-order valence-corrected chi connectivity index (χ1v) is 5.54. The third-order valence-corrected chi connectivity index (χ3v) is 2.68. The number of methoxy groups -OCH3 is 2. The van der Waals surface area contributed by atoms with Crippen LogP contribution in [0.15, 0.2) is 6.07 Å². The van der Waals surface area contributed by atoms with Crippen molar-refractivity contribution < 1.29 is 9.47 Å². The zero-order valence-electron chi connectivity index (χ0n) is 10.7. The molecule has 0 saturated heterocycles. The van der Waals surface area contributed by atoms with Gasteiger partial charge in [-0.1, -0.05) is 6.92 Å². The van der Waals surface area contributed by atoms with E-state index in [0.717, 1.165) is 0 Å². The fourth-order valence-electron chi connectivity index (χ4n) is 1.23. The second-order valence-corrected chi connectivity index (χ2v) is 3.92. The molecule has 0 aromatic carbocycles. The van der Waals surface area contributed by atoms with E-state index in [-0.39, 0.29) is 6.04 Å². The van der Waals surface area contributed by atoms with E-state index in [0.29, 0.717) is 30.2 Å². The highest BCUT2D eigenvalue weighted by Crippen LogP contribution is 2.18. The van der Waals surface area contributed by atoms with Crippen LogP contribution in [0.1, 0.15) is 13.8 Å². The molecule has 0 radical (unpaired) electrons. The van der Waals surface area contributed by atoms with Crippen LogP contribution in [-0.2, 0) is 0 Å². The molecule has 6 nitrogen and oxygen atoms in total. The number of aromatic nitrogens is 2. The van der Waals surface area contributed by atoms with Gasteiger partial charge in [-0.15, -0.1) is 0 Å². The standard InChI is InChI=1S/C11H20N4O2/c1-7(6-12)8(2)13-11-14-9(16-3)5-10(15-11)17-4/h5,7-8H,6,12H2,1-4H3,(H,13,14,15). The van der Waals surface area contributed by atoms with Gasteiger partial charge in [0.1, 0.15) is 0 Å². The van der Waals surface area contributed by atoms with E-state index in [9.17, 15) is 0 Å². The topological polar surface area (TPSA) is 82.3 Å². The van der Waals surface area contributed by atoms with Crippen LogP contribution in [0.2, 0.25) is 0 Å². The Morgan fingerprint density at radius 1 is 1.24 bits per heavy atom. The Morgan fingerprint density at radius 3 is 2.18 bits per heavy atom. The first kappa shape index (κ1) is 13.5. The lowest BCUT2D eigenvalue weighted by atomic mass is 10.0. The lowest BCUT2D eigenvalue weighted by molar-refractivity contribution is 0.372. The number of hydrogen-bond donors (Lipinski definition) is 2. The van der Waals surface area contributed by atoms with Crippen molar-refractivity contribution in [1.29, 1.82) is 0 Å². The van der Waals surface area contributed by atoms with E-state index in [2.05, 4.69) is 22.2 Å². The monoisotopic (exact) mass is 240 g/mol. The molecule has 0 aliphatic carbocycles. The molecule has 1 heterocycles. The van der Waals surface area contributed by atoms with Crippen LogP contribution < -0.4 is 20.5 Å². The molecule has 3 N–H and O–H groups in total. The molecule has 0 aliphatic heterocycles. The van der Waals surface area contributed by atoms with E-state index in [1.54, 1.807) is 20.3 Å². The number of ether oxygens (including phenoxy) is 2. The van der Waals surface area contributed by atoms with Gasteiger partial charge in [0.05, 0.1) is 20.3 Å². The fraction of sp³-hybridized carbons (Fsp3) is 0.636. The lowest BCUT2D eigenvalue weighted by Crippen LogP contribution is -2.30. The van der Waals surface area contributed by atoms with Crippen molar-refractivity contribution in [3.63, 3.8) is 0 Å². The summed E-state index contributed by atoms with van der Waals surface area (Å²) in [6.45, 7) is 4.71. The summed E-state index contributed by atoms with van der Waals surface area (Å²) < 4.78 is 10.1. The van der Waals surface area contributed by atoms with Gasteiger partial charge in [-0.3, -0.25) is 0 Å². The minimum absolute atomic E-state index is 0.178. The van der Waals surface area contributed by atoms with Crippen LogP contribution in [0.4, 0.5) is 5.95 Å². The van der Waals surface area contributed by atoms with E-state index in [4.69, 9.17) is 15.2 Å². The van der Waals surface area contributed by atoms with Crippen LogP contribution >= 0.6 is 0 Å². The SMILES string of the molecule is COc1cc(OC)nc(NC(C)C(C)CN)n1. The molecule has 0 aliphatic rings. The normalized spacial score (nSPS) is 13.9. The summed E-state index contributed by atoms with van der Waals surface area (Å²) in [4.78, 5) is 8.38. The Bertz CT molecular complexity index is 337. The Labute approximate surface area is 102 Å². The Hall–Kier alpha value is -1.56. The summed E-state index contributed by atoms with van der Waals surface area (Å²) in [6, 6.07) is 1.80. The molecule has 1 rings (SSSR count). The van der Waals surface area contributed by atoms with E-state index < -0.39 is 0 Å². The molecule has 0 spiro atoms. The molecule has 2 unspecified atom stereocenters. The van der Waals surface area contributed by atoms with Crippen molar-refractivity contribution >= 4 is 5.95 Å². The second kappa shape index (κ2) is 6.24. The largest absolute Gasteiger partial charge is 0.481 e. The zero-order chi connectivity index (χ0) is 12.8. The van der Waals surface area contributed by atoms with Gasteiger partial charge in [-0.05, 0) is 19.4 Å². The maximum atomic E-state index is 5.61. The quantitative estimate of drug-likeness (QED) is 0.768. The first-order valence-electron chi connectivity index (χ1n) is 5.54. The molecule has 17 heavy (non-hydrogen) atoms. The minimum Gasteiger partial charge on any atom is -0.481 e. The number of nitrogens with zero attached hydrogens (tertiary/aromatic N) is 2. The molecule has 6 heteroatoms. The van der Waals surface area contributed by atoms with Crippen LogP contribution in [0.25, 0.3) is 0 Å². The van der Waals surface area contributed by atoms with Gasteiger partial charge in [0.25, 0.3) is 0 Å². The molecular weight excluding hydrogens is 220 g/mol. The average Bonchev–Trinajstić information content (AvgIpc) is 2.36. The predicted octanol–water partition coefficient (Wildman–Crippen LogP) is 0.889. The Kier molecular flexibility index (Phi) is 4.96. The third kappa shape index (κ3) is 3.74. The van der Waals surface area contributed by atoms with Gasteiger partial charge in [0.2, 0.25) is 17.7 Å². The second-order valence-electron chi connectivity index (χ2n) is 3.92. The van der Waals surface area contributed by atoms with Crippen molar-refractivity contribution in [3.8, 4) is 11.8 Å². The van der Waals surface area contributed by atoms with Crippen LogP contribution in [0, 0.1) is 5.92 Å². The highest BCUT2D eigenvalue weighted by atomic mass is 16.5. The van der Waals surface area contributed by atoms with Gasteiger partial charge >= 0.3 is 0 Å². The lowest BCUT2D eigenvalue weighted by Gasteiger charge is -2.19. The van der Waals surface area contributed by atoms with E-state index in [1.807, 2.05) is 6.92 Å². The molecule has 2 atom stereocenters. The number of nitrogens with one attached hydrogen (secondary N) is 1. The maximum Gasteiger partial charge on any atom is 0.229 e. The van der Waals surface area contributed by atoms with E-state index >= 15 is 0 Å². The summed E-state index contributed by atoms with van der Waals surface area (Å²) >= 11 is 0. The highest BCUT2D eigenvalue weighted by Gasteiger charge is 2.13. The smallest absolute Gasteiger partial charge is 0.229 e. The highest BCUT2D eigenvalue weighted by molar-refractivity contribution is 5.34. The van der Waals surface area contributed by atoms with Gasteiger partial charge < -0.3 is 20.5 Å². The summed E-state index contributed by atoms with van der Waals surface area (Å²) in [7, 11) is 3.11. The van der Waals surface area contributed by atoms with Crippen LogP contribution in [0.3, 0.4) is 0 Å². The first-order chi connectivity index (χ1) is 8.10. The van der Waals surface area contributed by atoms with Crippen molar-refractivity contribution in [3.05, 3.63) is 6.07 Å². The minimum atomic E-state index is 0.178. The molecule has 1 aromatic rings.